The molecular formula is C14H21FN2O. The molecule has 0 radical (unpaired) electrons. The highest BCUT2D eigenvalue weighted by molar-refractivity contribution is 5.43. The van der Waals surface area contributed by atoms with Crippen LogP contribution in [-0.2, 0) is 6.61 Å². The molecule has 1 fully saturated rings. The molecule has 2 unspecified atom stereocenters. The molecule has 100 valence electrons. The predicted octanol–water partition coefficient (Wildman–Crippen LogP) is 2.73. The first-order chi connectivity index (χ1) is 8.63. The maximum absolute atomic E-state index is 14.1. The smallest absolute Gasteiger partial charge is 0.171 e. The lowest BCUT2D eigenvalue weighted by atomic mass is 9.86. The molecule has 4 heteroatoms. The summed E-state index contributed by atoms with van der Waals surface area (Å²) in [6.07, 6.45) is 6.19. The number of anilines is 1. The molecule has 0 saturated heterocycles. The van der Waals surface area contributed by atoms with Crippen LogP contribution >= 0.6 is 0 Å². The number of hydrogen-bond acceptors (Lipinski definition) is 3. The van der Waals surface area contributed by atoms with E-state index in [4.69, 9.17) is 5.11 Å². The Morgan fingerprint density at radius 1 is 1.50 bits per heavy atom. The van der Waals surface area contributed by atoms with Crippen LogP contribution in [0.3, 0.4) is 0 Å². The molecule has 0 aliphatic heterocycles. The minimum atomic E-state index is -0.388. The van der Waals surface area contributed by atoms with E-state index in [1.165, 1.54) is 18.9 Å². The van der Waals surface area contributed by atoms with E-state index in [-0.39, 0.29) is 12.4 Å². The summed E-state index contributed by atoms with van der Waals surface area (Å²) in [5.74, 6) is 0.664. The molecule has 0 spiro atoms. The number of rotatable bonds is 3. The van der Waals surface area contributed by atoms with Gasteiger partial charge in [-0.15, -0.1) is 0 Å². The summed E-state index contributed by atoms with van der Waals surface area (Å²) in [4.78, 5) is 6.06. The first-order valence-electron chi connectivity index (χ1n) is 6.60. The Morgan fingerprint density at radius 3 is 2.94 bits per heavy atom. The minimum absolute atomic E-state index is 0.281. The van der Waals surface area contributed by atoms with Gasteiger partial charge in [-0.2, -0.15) is 0 Å². The molecule has 3 nitrogen and oxygen atoms in total. The Hall–Kier alpha value is -1.16. The third kappa shape index (κ3) is 2.64. The summed E-state index contributed by atoms with van der Waals surface area (Å²) in [6.45, 7) is 1.96. The van der Waals surface area contributed by atoms with Crippen molar-refractivity contribution in [3.05, 3.63) is 23.6 Å². The summed E-state index contributed by atoms with van der Waals surface area (Å²) < 4.78 is 14.1. The lowest BCUT2D eigenvalue weighted by Gasteiger charge is -2.35. The van der Waals surface area contributed by atoms with Gasteiger partial charge in [-0.3, -0.25) is 0 Å². The normalized spacial score (nSPS) is 24.0. The average molecular weight is 252 g/mol. The number of halogens is 1. The van der Waals surface area contributed by atoms with E-state index >= 15 is 0 Å². The maximum atomic E-state index is 14.1. The first kappa shape index (κ1) is 13.3. The zero-order valence-electron chi connectivity index (χ0n) is 11.1. The average Bonchev–Trinajstić information content (AvgIpc) is 2.38. The second-order valence-electron chi connectivity index (χ2n) is 5.30. The topological polar surface area (TPSA) is 36.4 Å². The number of pyridine rings is 1. The third-order valence-corrected chi connectivity index (χ3v) is 3.91. The van der Waals surface area contributed by atoms with E-state index in [0.717, 1.165) is 12.8 Å². The third-order valence-electron chi connectivity index (χ3n) is 3.91. The van der Waals surface area contributed by atoms with Crippen molar-refractivity contribution in [1.82, 2.24) is 4.98 Å². The van der Waals surface area contributed by atoms with Gasteiger partial charge in [0.25, 0.3) is 0 Å². The molecular weight excluding hydrogens is 231 g/mol. The number of aliphatic hydroxyl groups is 1. The van der Waals surface area contributed by atoms with Gasteiger partial charge in [0.15, 0.2) is 11.6 Å². The molecule has 1 heterocycles. The Labute approximate surface area is 108 Å². The number of hydrogen-bond donors (Lipinski definition) is 1. The van der Waals surface area contributed by atoms with Gasteiger partial charge >= 0.3 is 0 Å². The van der Waals surface area contributed by atoms with E-state index in [9.17, 15) is 4.39 Å². The van der Waals surface area contributed by atoms with Crippen LogP contribution in [0.4, 0.5) is 10.2 Å². The Bertz CT molecular complexity index is 411. The Morgan fingerprint density at radius 2 is 2.28 bits per heavy atom. The molecule has 1 aliphatic rings. The molecule has 2 atom stereocenters. The molecule has 2 rings (SSSR count). The lowest BCUT2D eigenvalue weighted by Crippen LogP contribution is -2.36. The van der Waals surface area contributed by atoms with Crippen LogP contribution in [0.2, 0.25) is 0 Å². The van der Waals surface area contributed by atoms with Crippen molar-refractivity contribution >= 4 is 5.82 Å². The summed E-state index contributed by atoms with van der Waals surface area (Å²) in [6, 6.07) is 1.88. The summed E-state index contributed by atoms with van der Waals surface area (Å²) in [5.41, 5.74) is 0.315. The van der Waals surface area contributed by atoms with Gasteiger partial charge in [0.05, 0.1) is 6.61 Å². The van der Waals surface area contributed by atoms with Crippen molar-refractivity contribution in [3.8, 4) is 0 Å². The molecule has 1 aromatic rings. The largest absolute Gasteiger partial charge is 0.392 e. The fourth-order valence-electron chi connectivity index (χ4n) is 2.77. The SMILES string of the molecule is CC1CCCC(N(C)c2nccc(CO)c2F)C1. The predicted molar refractivity (Wildman–Crippen MR) is 69.9 cm³/mol. The van der Waals surface area contributed by atoms with E-state index in [0.29, 0.717) is 23.3 Å². The fraction of sp³-hybridized carbons (Fsp3) is 0.643. The molecule has 1 aromatic heterocycles. The van der Waals surface area contributed by atoms with E-state index < -0.39 is 0 Å². The van der Waals surface area contributed by atoms with Crippen LogP contribution in [0.1, 0.15) is 38.2 Å². The van der Waals surface area contributed by atoms with Crippen LogP contribution in [0, 0.1) is 11.7 Å². The highest BCUT2D eigenvalue weighted by Gasteiger charge is 2.25. The summed E-state index contributed by atoms with van der Waals surface area (Å²) in [7, 11) is 1.90. The van der Waals surface area contributed by atoms with Crippen molar-refractivity contribution in [2.75, 3.05) is 11.9 Å². The van der Waals surface area contributed by atoms with Crippen molar-refractivity contribution < 1.29 is 9.50 Å². The van der Waals surface area contributed by atoms with E-state index in [2.05, 4.69) is 11.9 Å². The second-order valence-corrected chi connectivity index (χ2v) is 5.30. The van der Waals surface area contributed by atoms with Gasteiger partial charge in [0, 0.05) is 24.8 Å². The molecule has 18 heavy (non-hydrogen) atoms. The number of aromatic nitrogens is 1. The van der Waals surface area contributed by atoms with Crippen LogP contribution in [-0.4, -0.2) is 23.2 Å². The molecule has 1 saturated carbocycles. The van der Waals surface area contributed by atoms with Crippen molar-refractivity contribution in [2.24, 2.45) is 5.92 Å². The fourth-order valence-corrected chi connectivity index (χ4v) is 2.77. The first-order valence-corrected chi connectivity index (χ1v) is 6.60. The van der Waals surface area contributed by atoms with Crippen LogP contribution in [0.5, 0.6) is 0 Å². The van der Waals surface area contributed by atoms with Crippen molar-refractivity contribution in [2.45, 2.75) is 45.3 Å². The monoisotopic (exact) mass is 252 g/mol. The number of nitrogens with zero attached hydrogens (tertiary/aromatic N) is 2. The molecule has 1 N–H and O–H groups in total. The van der Waals surface area contributed by atoms with Gasteiger partial charge in [-0.1, -0.05) is 19.8 Å². The standard InChI is InChI=1S/C14H21FN2O/c1-10-4-3-5-12(8-10)17(2)14-13(15)11(9-18)6-7-16-14/h6-7,10,12,18H,3-5,8-9H2,1-2H3. The minimum Gasteiger partial charge on any atom is -0.392 e. The number of aliphatic hydroxyl groups excluding tert-OH is 1. The highest BCUT2D eigenvalue weighted by atomic mass is 19.1. The molecule has 0 bridgehead atoms. The maximum Gasteiger partial charge on any atom is 0.171 e. The molecule has 0 aromatic carbocycles. The van der Waals surface area contributed by atoms with Gasteiger partial charge in [-0.25, -0.2) is 9.37 Å². The Balaban J connectivity index is 2.20. The van der Waals surface area contributed by atoms with Crippen LogP contribution < -0.4 is 4.90 Å². The van der Waals surface area contributed by atoms with Crippen molar-refractivity contribution in [1.29, 1.82) is 0 Å². The van der Waals surface area contributed by atoms with E-state index in [1.807, 2.05) is 11.9 Å². The van der Waals surface area contributed by atoms with Gasteiger partial charge in [0.1, 0.15) is 0 Å². The lowest BCUT2D eigenvalue weighted by molar-refractivity contribution is 0.275. The zero-order valence-corrected chi connectivity index (χ0v) is 11.1. The van der Waals surface area contributed by atoms with Gasteiger partial charge in [0.2, 0.25) is 0 Å². The molecule has 1 aliphatic carbocycles. The quantitative estimate of drug-likeness (QED) is 0.898. The Kier molecular flexibility index (Phi) is 4.17. The van der Waals surface area contributed by atoms with Gasteiger partial charge < -0.3 is 10.0 Å². The summed E-state index contributed by atoms with van der Waals surface area (Å²) in [5, 5.41) is 9.09. The summed E-state index contributed by atoms with van der Waals surface area (Å²) >= 11 is 0. The van der Waals surface area contributed by atoms with Crippen LogP contribution in [0.15, 0.2) is 12.3 Å². The van der Waals surface area contributed by atoms with Crippen molar-refractivity contribution in [3.63, 3.8) is 0 Å². The second kappa shape index (κ2) is 5.65. The van der Waals surface area contributed by atoms with Crippen LogP contribution in [0.25, 0.3) is 0 Å². The molecule has 0 amide bonds. The highest BCUT2D eigenvalue weighted by Crippen LogP contribution is 2.30. The van der Waals surface area contributed by atoms with Gasteiger partial charge in [-0.05, 0) is 24.8 Å². The zero-order chi connectivity index (χ0) is 13.1. The van der Waals surface area contributed by atoms with E-state index in [1.54, 1.807) is 6.20 Å².